The molecule has 7 nitrogen and oxygen atoms in total. The Kier molecular flexibility index (Phi) is 5.02. The van der Waals surface area contributed by atoms with Crippen LogP contribution in [0.15, 0.2) is 47.1 Å². The Hall–Kier alpha value is -4.01. The fraction of sp³-hybridized carbons (Fsp3) is 0.174. The van der Waals surface area contributed by atoms with Crippen LogP contribution in [0, 0.1) is 22.7 Å². The van der Waals surface area contributed by atoms with E-state index < -0.39 is 11.8 Å². The van der Waals surface area contributed by atoms with Crippen LogP contribution in [-0.2, 0) is 16.6 Å². The molecule has 0 N–H and O–H groups in total. The summed E-state index contributed by atoms with van der Waals surface area (Å²) >= 11 is 1.43. The van der Waals surface area contributed by atoms with E-state index in [1.165, 1.54) is 11.3 Å². The summed E-state index contributed by atoms with van der Waals surface area (Å²) in [5.74, 6) is -0.160. The topological polar surface area (TPSA) is 103 Å². The fourth-order valence-electron chi connectivity index (χ4n) is 3.58. The Balaban J connectivity index is 1.77. The van der Waals surface area contributed by atoms with E-state index in [4.69, 9.17) is 10.2 Å². The number of thiophene rings is 1. The molecule has 2 aromatic heterocycles. The predicted molar refractivity (Wildman–Crippen MR) is 117 cm³/mol. The van der Waals surface area contributed by atoms with Gasteiger partial charge in [0.1, 0.15) is 22.3 Å². The van der Waals surface area contributed by atoms with Crippen molar-refractivity contribution >= 4 is 39.6 Å². The highest BCUT2D eigenvalue weighted by Gasteiger charge is 2.34. The zero-order chi connectivity index (χ0) is 22.3. The molecule has 0 unspecified atom stereocenters. The van der Waals surface area contributed by atoms with E-state index in [2.05, 4.69) is 6.07 Å². The summed E-state index contributed by atoms with van der Waals surface area (Å²) in [6, 6.07) is 13.2. The van der Waals surface area contributed by atoms with Gasteiger partial charge in [-0.1, -0.05) is 0 Å². The van der Waals surface area contributed by atoms with Crippen LogP contribution < -0.4 is 0 Å². The molecule has 0 saturated carbocycles. The zero-order valence-electron chi connectivity index (χ0n) is 17.1. The van der Waals surface area contributed by atoms with E-state index in [-0.39, 0.29) is 12.1 Å². The second-order valence-electron chi connectivity index (χ2n) is 7.05. The predicted octanol–water partition coefficient (Wildman–Crippen LogP) is 3.79. The molecule has 0 aliphatic carbocycles. The van der Waals surface area contributed by atoms with Crippen LogP contribution in [0.5, 0.6) is 0 Å². The average Bonchev–Trinajstić information content (AvgIpc) is 3.30. The van der Waals surface area contributed by atoms with Crippen LogP contribution in [0.25, 0.3) is 27.8 Å². The average molecular weight is 427 g/mol. The van der Waals surface area contributed by atoms with E-state index in [0.717, 1.165) is 31.5 Å². The number of fused-ring (bicyclic) bond motifs is 1. The SMILES string of the molecule is CCN1C(=O)C(C#N)=C(C)/C(=C/c2cc3c(nc(-c4ccc(C#N)cc4)n3C)s2)C1=O. The number of hydrogen-bond donors (Lipinski definition) is 0. The van der Waals surface area contributed by atoms with Crippen molar-refractivity contribution in [1.29, 1.82) is 10.5 Å². The summed E-state index contributed by atoms with van der Waals surface area (Å²) in [6.45, 7) is 3.54. The third kappa shape index (κ3) is 3.24. The molecule has 0 fully saturated rings. The van der Waals surface area contributed by atoms with Gasteiger partial charge in [0, 0.05) is 29.6 Å². The zero-order valence-corrected chi connectivity index (χ0v) is 17.9. The lowest BCUT2D eigenvalue weighted by Gasteiger charge is -2.26. The second kappa shape index (κ2) is 7.67. The lowest BCUT2D eigenvalue weighted by Crippen LogP contribution is -2.42. The molecule has 0 bridgehead atoms. The van der Waals surface area contributed by atoms with Gasteiger partial charge < -0.3 is 4.57 Å². The minimum atomic E-state index is -0.547. The van der Waals surface area contributed by atoms with E-state index >= 15 is 0 Å². The number of imidazole rings is 1. The number of benzene rings is 1. The van der Waals surface area contributed by atoms with Gasteiger partial charge in [0.15, 0.2) is 0 Å². The Morgan fingerprint density at radius 3 is 2.42 bits per heavy atom. The smallest absolute Gasteiger partial charge is 0.271 e. The first-order valence-corrected chi connectivity index (χ1v) is 10.4. The first kappa shape index (κ1) is 20.3. The van der Waals surface area contributed by atoms with Crippen LogP contribution in [0.4, 0.5) is 0 Å². The van der Waals surface area contributed by atoms with E-state index in [1.54, 1.807) is 32.1 Å². The molecule has 152 valence electrons. The number of carbonyl (C=O) groups excluding carboxylic acids is 2. The van der Waals surface area contributed by atoms with Gasteiger partial charge in [-0.15, -0.1) is 11.3 Å². The van der Waals surface area contributed by atoms with E-state index in [9.17, 15) is 14.9 Å². The lowest BCUT2D eigenvalue weighted by atomic mass is 9.95. The molecule has 8 heteroatoms. The highest BCUT2D eigenvalue weighted by Crippen LogP contribution is 2.33. The molecule has 1 aliphatic rings. The maximum absolute atomic E-state index is 12.8. The summed E-state index contributed by atoms with van der Waals surface area (Å²) < 4.78 is 1.96. The fourth-order valence-corrected chi connectivity index (χ4v) is 4.58. The van der Waals surface area contributed by atoms with Gasteiger partial charge in [0.2, 0.25) is 0 Å². The molecule has 31 heavy (non-hydrogen) atoms. The second-order valence-corrected chi connectivity index (χ2v) is 8.11. The van der Waals surface area contributed by atoms with Crippen molar-refractivity contribution in [3.05, 3.63) is 57.5 Å². The van der Waals surface area contributed by atoms with Crippen molar-refractivity contribution < 1.29 is 9.59 Å². The molecular weight excluding hydrogens is 410 g/mol. The van der Waals surface area contributed by atoms with Crippen LogP contribution in [0.1, 0.15) is 24.3 Å². The van der Waals surface area contributed by atoms with E-state index in [0.29, 0.717) is 16.7 Å². The number of likely N-dealkylation sites (N-methyl/N-ethyl adjacent to an activating group) is 1. The molecule has 1 aliphatic heterocycles. The minimum Gasteiger partial charge on any atom is -0.326 e. The largest absolute Gasteiger partial charge is 0.326 e. The Labute approximate surface area is 182 Å². The Morgan fingerprint density at radius 1 is 1.13 bits per heavy atom. The number of imide groups is 1. The number of aromatic nitrogens is 2. The number of carbonyl (C=O) groups is 2. The molecular formula is C23H17N5O2S. The molecule has 0 spiro atoms. The molecule has 3 aromatic rings. The van der Waals surface area contributed by atoms with Crippen molar-refractivity contribution in [2.45, 2.75) is 13.8 Å². The molecule has 4 rings (SSSR count). The van der Waals surface area contributed by atoms with Crippen molar-refractivity contribution in [2.24, 2.45) is 7.05 Å². The summed E-state index contributed by atoms with van der Waals surface area (Å²) in [4.78, 5) is 32.6. The molecule has 2 amide bonds. The minimum absolute atomic E-state index is 0.00459. The maximum atomic E-state index is 12.8. The third-order valence-electron chi connectivity index (χ3n) is 5.30. The number of nitriles is 2. The molecule has 0 atom stereocenters. The van der Waals surface area contributed by atoms with Crippen molar-refractivity contribution in [1.82, 2.24) is 14.5 Å². The van der Waals surface area contributed by atoms with Crippen molar-refractivity contribution in [3.63, 3.8) is 0 Å². The van der Waals surface area contributed by atoms with Crippen molar-refractivity contribution in [2.75, 3.05) is 6.54 Å². The summed E-state index contributed by atoms with van der Waals surface area (Å²) in [7, 11) is 1.91. The van der Waals surface area contributed by atoms with Gasteiger partial charge in [-0.3, -0.25) is 14.5 Å². The van der Waals surface area contributed by atoms with Gasteiger partial charge in [-0.25, -0.2) is 4.98 Å². The quantitative estimate of drug-likeness (QED) is 0.467. The Bertz CT molecular complexity index is 1390. The molecule has 3 heterocycles. The number of nitrogens with zero attached hydrogens (tertiary/aromatic N) is 5. The summed E-state index contributed by atoms with van der Waals surface area (Å²) in [6.07, 6.45) is 1.72. The van der Waals surface area contributed by atoms with Crippen molar-refractivity contribution in [3.8, 4) is 23.5 Å². The monoisotopic (exact) mass is 427 g/mol. The third-order valence-corrected chi connectivity index (χ3v) is 6.26. The highest BCUT2D eigenvalue weighted by molar-refractivity contribution is 7.19. The normalized spacial score (nSPS) is 15.6. The van der Waals surface area contributed by atoms with Gasteiger partial charge in [-0.05, 0) is 55.8 Å². The number of rotatable bonds is 3. The van der Waals surface area contributed by atoms with Crippen LogP contribution >= 0.6 is 11.3 Å². The van der Waals surface area contributed by atoms with E-state index in [1.807, 2.05) is 35.9 Å². The van der Waals surface area contributed by atoms with Gasteiger partial charge in [0.05, 0.1) is 17.1 Å². The first-order chi connectivity index (χ1) is 14.9. The maximum Gasteiger partial charge on any atom is 0.271 e. The number of hydrogen-bond acceptors (Lipinski definition) is 6. The summed E-state index contributed by atoms with van der Waals surface area (Å²) in [5.41, 5.74) is 3.13. The molecule has 0 radical (unpaired) electrons. The first-order valence-electron chi connectivity index (χ1n) is 9.55. The highest BCUT2D eigenvalue weighted by atomic mass is 32.1. The number of aryl methyl sites for hydroxylation is 1. The van der Waals surface area contributed by atoms with Crippen LogP contribution in [-0.4, -0.2) is 32.8 Å². The summed E-state index contributed by atoms with van der Waals surface area (Å²) in [5, 5.41) is 18.4. The Morgan fingerprint density at radius 2 is 1.84 bits per heavy atom. The van der Waals surface area contributed by atoms with Gasteiger partial charge in [-0.2, -0.15) is 10.5 Å². The standard InChI is InChI=1S/C23H17N5O2S/c1-4-28-22(29)17(13(2)18(12-25)23(28)30)9-16-10-19-21(31-16)26-20(27(19)3)15-7-5-14(11-24)6-8-15/h5-10H,4H2,1-3H3/b17-9-. The van der Waals surface area contributed by atoms with Crippen LogP contribution in [0.2, 0.25) is 0 Å². The molecule has 0 saturated heterocycles. The molecule has 1 aromatic carbocycles. The lowest BCUT2D eigenvalue weighted by molar-refractivity contribution is -0.140. The van der Waals surface area contributed by atoms with Gasteiger partial charge >= 0.3 is 0 Å². The van der Waals surface area contributed by atoms with Gasteiger partial charge in [0.25, 0.3) is 11.8 Å². The van der Waals surface area contributed by atoms with Crippen LogP contribution in [0.3, 0.4) is 0 Å². The number of amides is 2.